The zero-order valence-corrected chi connectivity index (χ0v) is 13.1. The van der Waals surface area contributed by atoms with Crippen molar-refractivity contribution >= 4 is 0 Å². The van der Waals surface area contributed by atoms with E-state index in [0.717, 1.165) is 15.9 Å². The van der Waals surface area contributed by atoms with Gasteiger partial charge in [0.05, 0.1) is 5.69 Å². The standard InChI is InChI=1S/C19H18N2O2/c1-13(2)16-19(22)21(23)18(15-11-7-4-8-12-15)17(20-16)14-9-5-3-6-10-14/h3-13,23H,1-2H3. The molecule has 23 heavy (non-hydrogen) atoms. The summed E-state index contributed by atoms with van der Waals surface area (Å²) in [6.07, 6.45) is 0. The molecule has 4 heteroatoms. The highest BCUT2D eigenvalue weighted by Crippen LogP contribution is 2.29. The van der Waals surface area contributed by atoms with Gasteiger partial charge in [0, 0.05) is 17.0 Å². The molecule has 0 amide bonds. The summed E-state index contributed by atoms with van der Waals surface area (Å²) in [4.78, 5) is 17.0. The molecule has 1 heterocycles. The van der Waals surface area contributed by atoms with Crippen molar-refractivity contribution in [1.82, 2.24) is 9.71 Å². The van der Waals surface area contributed by atoms with Crippen LogP contribution < -0.4 is 5.56 Å². The van der Waals surface area contributed by atoms with Crippen molar-refractivity contribution in [3.05, 3.63) is 76.7 Å². The number of benzene rings is 2. The van der Waals surface area contributed by atoms with Gasteiger partial charge in [-0.1, -0.05) is 74.5 Å². The third kappa shape index (κ3) is 2.75. The molecule has 0 aliphatic carbocycles. The molecule has 2 aromatic carbocycles. The van der Waals surface area contributed by atoms with Gasteiger partial charge in [-0.05, 0) is 0 Å². The van der Waals surface area contributed by atoms with E-state index in [1.807, 2.05) is 74.5 Å². The third-order valence-corrected chi connectivity index (χ3v) is 3.72. The fourth-order valence-electron chi connectivity index (χ4n) is 2.56. The minimum absolute atomic E-state index is 0.0758. The van der Waals surface area contributed by atoms with E-state index in [2.05, 4.69) is 4.98 Å². The molecule has 0 fully saturated rings. The fourth-order valence-corrected chi connectivity index (χ4v) is 2.56. The molecule has 0 radical (unpaired) electrons. The molecule has 0 bridgehead atoms. The molecule has 3 rings (SSSR count). The molecule has 3 aromatic rings. The summed E-state index contributed by atoms with van der Waals surface area (Å²) in [5.74, 6) is -0.0758. The summed E-state index contributed by atoms with van der Waals surface area (Å²) < 4.78 is 0.722. The van der Waals surface area contributed by atoms with E-state index in [0.29, 0.717) is 17.1 Å². The van der Waals surface area contributed by atoms with Crippen LogP contribution in [0.1, 0.15) is 25.5 Å². The average Bonchev–Trinajstić information content (AvgIpc) is 2.58. The fraction of sp³-hybridized carbons (Fsp3) is 0.158. The quantitative estimate of drug-likeness (QED) is 0.746. The van der Waals surface area contributed by atoms with Crippen molar-refractivity contribution in [3.63, 3.8) is 0 Å². The summed E-state index contributed by atoms with van der Waals surface area (Å²) in [7, 11) is 0. The number of aromatic nitrogens is 2. The first-order valence-corrected chi connectivity index (χ1v) is 7.56. The highest BCUT2D eigenvalue weighted by atomic mass is 16.5. The molecule has 0 aliphatic heterocycles. The Hall–Kier alpha value is -2.88. The Morgan fingerprint density at radius 3 is 1.96 bits per heavy atom. The summed E-state index contributed by atoms with van der Waals surface area (Å²) >= 11 is 0. The van der Waals surface area contributed by atoms with E-state index in [1.54, 1.807) is 0 Å². The van der Waals surface area contributed by atoms with Gasteiger partial charge in [-0.3, -0.25) is 4.79 Å². The van der Waals surface area contributed by atoms with Crippen LogP contribution >= 0.6 is 0 Å². The Bertz CT molecular complexity index is 869. The van der Waals surface area contributed by atoms with Crippen LogP contribution in [0.5, 0.6) is 0 Å². The van der Waals surface area contributed by atoms with Crippen LogP contribution in [0.25, 0.3) is 22.5 Å². The summed E-state index contributed by atoms with van der Waals surface area (Å²) in [6.45, 7) is 3.78. The molecule has 0 saturated carbocycles. The molecule has 0 aliphatic rings. The van der Waals surface area contributed by atoms with E-state index in [-0.39, 0.29) is 5.92 Å². The first-order chi connectivity index (χ1) is 11.1. The Morgan fingerprint density at radius 1 is 0.913 bits per heavy atom. The van der Waals surface area contributed by atoms with E-state index < -0.39 is 5.56 Å². The summed E-state index contributed by atoms with van der Waals surface area (Å²) in [6, 6.07) is 18.9. The van der Waals surface area contributed by atoms with Gasteiger partial charge >= 0.3 is 5.56 Å². The zero-order valence-electron chi connectivity index (χ0n) is 13.1. The lowest BCUT2D eigenvalue weighted by Gasteiger charge is -2.15. The van der Waals surface area contributed by atoms with E-state index >= 15 is 0 Å². The normalized spacial score (nSPS) is 10.9. The largest absolute Gasteiger partial charge is 0.425 e. The number of hydrogen-bond donors (Lipinski definition) is 1. The minimum atomic E-state index is -0.474. The Kier molecular flexibility index (Phi) is 3.98. The van der Waals surface area contributed by atoms with Crippen LogP contribution in [0.2, 0.25) is 0 Å². The molecular weight excluding hydrogens is 288 g/mol. The van der Waals surface area contributed by atoms with Gasteiger partial charge in [-0.15, -0.1) is 4.73 Å². The molecule has 0 unspecified atom stereocenters. The van der Waals surface area contributed by atoms with Crippen molar-refractivity contribution in [2.75, 3.05) is 0 Å². The monoisotopic (exact) mass is 306 g/mol. The molecule has 1 N–H and O–H groups in total. The average molecular weight is 306 g/mol. The highest BCUT2D eigenvalue weighted by molar-refractivity contribution is 5.78. The number of hydrogen-bond acceptors (Lipinski definition) is 3. The maximum absolute atomic E-state index is 12.4. The van der Waals surface area contributed by atoms with Gasteiger partial charge < -0.3 is 5.21 Å². The van der Waals surface area contributed by atoms with E-state index in [4.69, 9.17) is 0 Å². The van der Waals surface area contributed by atoms with Gasteiger partial charge in [-0.25, -0.2) is 4.98 Å². The Morgan fingerprint density at radius 2 is 1.43 bits per heavy atom. The lowest BCUT2D eigenvalue weighted by Crippen LogP contribution is -2.27. The molecule has 1 aromatic heterocycles. The van der Waals surface area contributed by atoms with Crippen LogP contribution in [0.3, 0.4) is 0 Å². The second-order valence-corrected chi connectivity index (χ2v) is 5.70. The SMILES string of the molecule is CC(C)c1nc(-c2ccccc2)c(-c2ccccc2)n(O)c1=O. The van der Waals surface area contributed by atoms with Crippen molar-refractivity contribution < 1.29 is 5.21 Å². The van der Waals surface area contributed by atoms with Crippen molar-refractivity contribution in [2.45, 2.75) is 19.8 Å². The zero-order chi connectivity index (χ0) is 16.4. The van der Waals surface area contributed by atoms with E-state index in [9.17, 15) is 10.0 Å². The first-order valence-electron chi connectivity index (χ1n) is 7.56. The van der Waals surface area contributed by atoms with Crippen molar-refractivity contribution in [2.24, 2.45) is 0 Å². The smallest absolute Gasteiger partial charge is 0.305 e. The molecular formula is C19H18N2O2. The van der Waals surface area contributed by atoms with Gasteiger partial charge in [0.15, 0.2) is 0 Å². The van der Waals surface area contributed by atoms with Gasteiger partial charge in [0.2, 0.25) is 0 Å². The summed E-state index contributed by atoms with van der Waals surface area (Å²) in [5.41, 5.74) is 2.49. The Labute approximate surface area is 134 Å². The molecule has 0 saturated heterocycles. The molecule has 0 atom stereocenters. The maximum atomic E-state index is 12.4. The molecule has 116 valence electrons. The summed E-state index contributed by atoms with van der Waals surface area (Å²) in [5, 5.41) is 10.5. The lowest BCUT2D eigenvalue weighted by atomic mass is 10.0. The lowest BCUT2D eigenvalue weighted by molar-refractivity contribution is 0.177. The topological polar surface area (TPSA) is 55.1 Å². The molecule has 0 spiro atoms. The number of nitrogens with zero attached hydrogens (tertiary/aromatic N) is 2. The number of rotatable bonds is 3. The van der Waals surface area contributed by atoms with Crippen molar-refractivity contribution in [3.8, 4) is 22.5 Å². The van der Waals surface area contributed by atoms with Crippen LogP contribution in [-0.4, -0.2) is 14.9 Å². The van der Waals surface area contributed by atoms with Crippen LogP contribution in [0, 0.1) is 0 Å². The van der Waals surface area contributed by atoms with Gasteiger partial charge in [0.25, 0.3) is 0 Å². The van der Waals surface area contributed by atoms with Gasteiger partial charge in [0.1, 0.15) is 11.4 Å². The maximum Gasteiger partial charge on any atom is 0.305 e. The van der Waals surface area contributed by atoms with E-state index in [1.165, 1.54) is 0 Å². The van der Waals surface area contributed by atoms with Crippen LogP contribution in [0.4, 0.5) is 0 Å². The second-order valence-electron chi connectivity index (χ2n) is 5.70. The predicted octanol–water partition coefficient (Wildman–Crippen LogP) is 3.94. The van der Waals surface area contributed by atoms with Crippen molar-refractivity contribution in [1.29, 1.82) is 0 Å². The van der Waals surface area contributed by atoms with Gasteiger partial charge in [-0.2, -0.15) is 0 Å². The predicted molar refractivity (Wildman–Crippen MR) is 90.6 cm³/mol. The molecule has 4 nitrogen and oxygen atoms in total. The second kappa shape index (κ2) is 6.08. The Balaban J connectivity index is 2.38. The minimum Gasteiger partial charge on any atom is -0.425 e. The first kappa shape index (κ1) is 15.0. The highest BCUT2D eigenvalue weighted by Gasteiger charge is 2.20. The van der Waals surface area contributed by atoms with Crippen LogP contribution in [0.15, 0.2) is 65.5 Å². The van der Waals surface area contributed by atoms with Crippen LogP contribution in [-0.2, 0) is 0 Å². The third-order valence-electron chi connectivity index (χ3n) is 3.72.